The van der Waals surface area contributed by atoms with Gasteiger partial charge in [-0.05, 0) is 18.4 Å². The van der Waals surface area contributed by atoms with Gasteiger partial charge in [0.05, 0.1) is 19.3 Å². The van der Waals surface area contributed by atoms with Crippen molar-refractivity contribution < 1.29 is 14.3 Å². The summed E-state index contributed by atoms with van der Waals surface area (Å²) >= 11 is 0. The third-order valence-electron chi connectivity index (χ3n) is 4.72. The summed E-state index contributed by atoms with van der Waals surface area (Å²) in [6, 6.07) is 9.87. The zero-order valence-corrected chi connectivity index (χ0v) is 15.3. The third-order valence-corrected chi connectivity index (χ3v) is 4.72. The monoisotopic (exact) mass is 360 g/mol. The van der Waals surface area contributed by atoms with Crippen LogP contribution < -0.4 is 10.6 Å². The topological polar surface area (TPSA) is 75.2 Å². The van der Waals surface area contributed by atoms with Crippen molar-refractivity contribution in [1.82, 2.24) is 15.5 Å². The highest BCUT2D eigenvalue weighted by Crippen LogP contribution is 2.20. The van der Waals surface area contributed by atoms with Crippen LogP contribution in [0.1, 0.15) is 18.4 Å². The third kappa shape index (κ3) is 5.19. The molecule has 2 aliphatic rings. The van der Waals surface area contributed by atoms with E-state index in [1.807, 2.05) is 30.3 Å². The Balaban J connectivity index is 1.44. The molecule has 0 saturated carbocycles. The first-order valence-corrected chi connectivity index (χ1v) is 9.25. The average Bonchev–Trinajstić information content (AvgIpc) is 3.23. The van der Waals surface area contributed by atoms with Crippen molar-refractivity contribution in [2.75, 3.05) is 39.9 Å². The first-order valence-electron chi connectivity index (χ1n) is 9.25. The number of guanidine groups is 1. The molecule has 3 rings (SSSR count). The standard InChI is InChI=1S/C19H28N4O3/c1-20-19(22-13-18(24)21-12-15-6-3-2-4-7-15)23-9-11-26-17(14-23)16-8-5-10-25-16/h2-4,6-7,16-17H,5,8-14H2,1H3,(H,20,22)(H,21,24). The van der Waals surface area contributed by atoms with Crippen molar-refractivity contribution in [2.24, 2.45) is 4.99 Å². The highest BCUT2D eigenvalue weighted by Gasteiger charge is 2.32. The van der Waals surface area contributed by atoms with Crippen LogP contribution in [-0.2, 0) is 20.8 Å². The Kier molecular flexibility index (Phi) is 6.85. The Hall–Kier alpha value is -2.12. The molecule has 0 bridgehead atoms. The molecule has 1 aromatic rings. The predicted molar refractivity (Wildman–Crippen MR) is 99.9 cm³/mol. The number of rotatable bonds is 5. The van der Waals surface area contributed by atoms with Crippen molar-refractivity contribution in [3.63, 3.8) is 0 Å². The van der Waals surface area contributed by atoms with Gasteiger partial charge in [0, 0.05) is 33.3 Å². The Morgan fingerprint density at radius 2 is 2.00 bits per heavy atom. The molecule has 2 aliphatic heterocycles. The van der Waals surface area contributed by atoms with Crippen LogP contribution in [0.15, 0.2) is 35.3 Å². The van der Waals surface area contributed by atoms with Crippen LogP contribution in [0.2, 0.25) is 0 Å². The lowest BCUT2D eigenvalue weighted by Gasteiger charge is -2.37. The van der Waals surface area contributed by atoms with Gasteiger partial charge in [-0.25, -0.2) is 0 Å². The number of hydrogen-bond acceptors (Lipinski definition) is 4. The van der Waals surface area contributed by atoms with E-state index < -0.39 is 0 Å². The lowest BCUT2D eigenvalue weighted by Crippen LogP contribution is -2.54. The zero-order chi connectivity index (χ0) is 18.2. The second-order valence-electron chi connectivity index (χ2n) is 6.57. The number of aliphatic imine (C=N–C) groups is 1. The number of carbonyl (C=O) groups is 1. The molecule has 0 aromatic heterocycles. The van der Waals surface area contributed by atoms with Crippen LogP contribution in [0.4, 0.5) is 0 Å². The van der Waals surface area contributed by atoms with Gasteiger partial charge in [-0.2, -0.15) is 0 Å². The second kappa shape index (κ2) is 9.54. The molecule has 142 valence electrons. The fourth-order valence-corrected chi connectivity index (χ4v) is 3.34. The summed E-state index contributed by atoms with van der Waals surface area (Å²) in [5.41, 5.74) is 1.08. The molecule has 1 aromatic carbocycles. The number of ether oxygens (including phenoxy) is 2. The first-order chi connectivity index (χ1) is 12.8. The lowest BCUT2D eigenvalue weighted by molar-refractivity contribution is -0.120. The van der Waals surface area contributed by atoms with Crippen molar-refractivity contribution in [3.8, 4) is 0 Å². The Morgan fingerprint density at radius 1 is 1.19 bits per heavy atom. The van der Waals surface area contributed by atoms with Crippen molar-refractivity contribution >= 4 is 11.9 Å². The number of nitrogens with zero attached hydrogens (tertiary/aromatic N) is 2. The van der Waals surface area contributed by atoms with Gasteiger partial charge < -0.3 is 25.0 Å². The van der Waals surface area contributed by atoms with Gasteiger partial charge >= 0.3 is 0 Å². The van der Waals surface area contributed by atoms with E-state index in [4.69, 9.17) is 9.47 Å². The summed E-state index contributed by atoms with van der Waals surface area (Å²) in [6.45, 7) is 3.68. The maximum atomic E-state index is 12.1. The summed E-state index contributed by atoms with van der Waals surface area (Å²) in [5, 5.41) is 6.07. The van der Waals surface area contributed by atoms with Crippen LogP contribution >= 0.6 is 0 Å². The van der Waals surface area contributed by atoms with E-state index in [9.17, 15) is 4.79 Å². The van der Waals surface area contributed by atoms with Crippen LogP contribution in [-0.4, -0.2) is 68.9 Å². The summed E-state index contributed by atoms with van der Waals surface area (Å²) in [5.74, 6) is 0.671. The van der Waals surface area contributed by atoms with Crippen molar-refractivity contribution in [2.45, 2.75) is 31.6 Å². The van der Waals surface area contributed by atoms with E-state index in [1.54, 1.807) is 7.05 Å². The van der Waals surface area contributed by atoms with Gasteiger partial charge in [-0.3, -0.25) is 9.79 Å². The van der Waals surface area contributed by atoms with Crippen LogP contribution in [0, 0.1) is 0 Å². The van der Waals surface area contributed by atoms with E-state index in [0.717, 1.165) is 44.1 Å². The summed E-state index contributed by atoms with van der Waals surface area (Å²) in [4.78, 5) is 18.6. The largest absolute Gasteiger partial charge is 0.375 e. The Bertz CT molecular complexity index is 602. The molecule has 2 saturated heterocycles. The quantitative estimate of drug-likeness (QED) is 0.599. The molecule has 0 spiro atoms. The maximum absolute atomic E-state index is 12.1. The van der Waals surface area contributed by atoms with Gasteiger partial charge in [-0.1, -0.05) is 30.3 Å². The molecule has 2 heterocycles. The minimum atomic E-state index is -0.0565. The normalized spacial score (nSPS) is 23.7. The molecule has 2 N–H and O–H groups in total. The predicted octanol–water partition coefficient (Wildman–Crippen LogP) is 0.758. The summed E-state index contributed by atoms with van der Waals surface area (Å²) in [6.07, 6.45) is 2.38. The van der Waals surface area contributed by atoms with E-state index in [-0.39, 0.29) is 24.7 Å². The summed E-state index contributed by atoms with van der Waals surface area (Å²) < 4.78 is 11.6. The van der Waals surface area contributed by atoms with Gasteiger partial charge in [-0.15, -0.1) is 0 Å². The summed E-state index contributed by atoms with van der Waals surface area (Å²) in [7, 11) is 1.74. The smallest absolute Gasteiger partial charge is 0.239 e. The molecule has 2 unspecified atom stereocenters. The number of amides is 1. The molecule has 0 aliphatic carbocycles. The molecular weight excluding hydrogens is 332 g/mol. The highest BCUT2D eigenvalue weighted by atomic mass is 16.5. The SMILES string of the molecule is CN=C(NCC(=O)NCc1ccccc1)N1CCOC(C2CCCO2)C1. The zero-order valence-electron chi connectivity index (χ0n) is 15.3. The first kappa shape index (κ1) is 18.7. The van der Waals surface area contributed by atoms with Crippen LogP contribution in [0.3, 0.4) is 0 Å². The maximum Gasteiger partial charge on any atom is 0.239 e. The number of nitrogens with one attached hydrogen (secondary N) is 2. The molecule has 7 heteroatoms. The van der Waals surface area contributed by atoms with Gasteiger partial charge in [0.25, 0.3) is 0 Å². The minimum absolute atomic E-state index is 0.0565. The van der Waals surface area contributed by atoms with Crippen molar-refractivity contribution in [1.29, 1.82) is 0 Å². The fraction of sp³-hybridized carbons (Fsp3) is 0.579. The Morgan fingerprint density at radius 3 is 2.73 bits per heavy atom. The van der Waals surface area contributed by atoms with Crippen LogP contribution in [0.25, 0.3) is 0 Å². The van der Waals surface area contributed by atoms with Gasteiger partial charge in [0.1, 0.15) is 6.10 Å². The molecule has 1 amide bonds. The minimum Gasteiger partial charge on any atom is -0.375 e. The molecular formula is C19H28N4O3. The van der Waals surface area contributed by atoms with E-state index in [2.05, 4.69) is 20.5 Å². The number of morpholine rings is 1. The lowest BCUT2D eigenvalue weighted by atomic mass is 10.1. The van der Waals surface area contributed by atoms with Crippen molar-refractivity contribution in [3.05, 3.63) is 35.9 Å². The number of carbonyl (C=O) groups excluding carboxylic acids is 1. The van der Waals surface area contributed by atoms with E-state index in [1.165, 1.54) is 0 Å². The van der Waals surface area contributed by atoms with E-state index in [0.29, 0.717) is 13.2 Å². The van der Waals surface area contributed by atoms with Gasteiger partial charge in [0.15, 0.2) is 5.96 Å². The average molecular weight is 360 g/mol. The molecule has 2 fully saturated rings. The molecule has 7 nitrogen and oxygen atoms in total. The Labute approximate surface area is 154 Å². The molecule has 0 radical (unpaired) electrons. The highest BCUT2D eigenvalue weighted by molar-refractivity contribution is 5.86. The number of hydrogen-bond donors (Lipinski definition) is 2. The second-order valence-corrected chi connectivity index (χ2v) is 6.57. The molecule has 2 atom stereocenters. The van der Waals surface area contributed by atoms with Gasteiger partial charge in [0.2, 0.25) is 5.91 Å². The number of benzene rings is 1. The molecule has 26 heavy (non-hydrogen) atoms. The fourth-order valence-electron chi connectivity index (χ4n) is 3.34. The van der Waals surface area contributed by atoms with Crippen LogP contribution in [0.5, 0.6) is 0 Å². The van der Waals surface area contributed by atoms with E-state index >= 15 is 0 Å².